The Hall–Kier alpha value is -3.33. The van der Waals surface area contributed by atoms with Crippen molar-refractivity contribution in [2.75, 3.05) is 40.9 Å². The lowest BCUT2D eigenvalue weighted by atomic mass is 10.0. The normalized spacial score (nSPS) is 14.3. The quantitative estimate of drug-likeness (QED) is 0.0212. The number of allylic oxidation sites excluding steroid dienone is 17. The highest BCUT2D eigenvalue weighted by Gasteiger charge is 2.27. The zero-order valence-corrected chi connectivity index (χ0v) is 54.1. The predicted molar refractivity (Wildman–Crippen MR) is 348 cm³/mol. The fourth-order valence-electron chi connectivity index (χ4n) is 9.08. The van der Waals surface area contributed by atoms with Crippen LogP contribution in [0, 0.1) is 0 Å². The fraction of sp³-hybridized carbons (Fsp3) is 0.718. The van der Waals surface area contributed by atoms with E-state index in [1.807, 2.05) is 33.3 Å². The summed E-state index contributed by atoms with van der Waals surface area (Å²) in [4.78, 5) is 40.1. The number of ether oxygens (including phenoxy) is 1. The highest BCUT2D eigenvalue weighted by molar-refractivity contribution is 7.45. The van der Waals surface area contributed by atoms with E-state index < -0.39 is 26.6 Å². The number of hydrogen-bond donors (Lipinski definition) is 1. The van der Waals surface area contributed by atoms with Crippen LogP contribution in [0.3, 0.4) is 0 Å². The number of phosphoric acid groups is 1. The highest BCUT2D eigenvalue weighted by atomic mass is 31.2. The first-order chi connectivity index (χ1) is 39.4. The van der Waals surface area contributed by atoms with Gasteiger partial charge in [0.25, 0.3) is 7.82 Å². The molecule has 0 heterocycles. The lowest BCUT2D eigenvalue weighted by molar-refractivity contribution is -0.870. The molecule has 0 saturated heterocycles. The molecule has 10 heteroatoms. The molecule has 9 nitrogen and oxygen atoms in total. The van der Waals surface area contributed by atoms with Gasteiger partial charge in [0.1, 0.15) is 19.3 Å². The molecule has 81 heavy (non-hydrogen) atoms. The second kappa shape index (κ2) is 59.8. The SMILES string of the molecule is CC/C=C\C/C=C\C/C=C\C/C=C\C/C=C\C/C=C\CCCCCCCCC(=O)OC(/C=C\CCCCCCCCCCC)C(COP(=O)([O-])OCC[N+](C)(C)C)NC(=O)CCCCCCCCCCC/C=C\C/C=C\CCCCC. The van der Waals surface area contributed by atoms with Crippen molar-refractivity contribution < 1.29 is 37.3 Å². The van der Waals surface area contributed by atoms with Crippen molar-refractivity contribution in [3.8, 4) is 0 Å². The number of carbonyl (C=O) groups is 2. The van der Waals surface area contributed by atoms with Crippen molar-refractivity contribution in [2.45, 2.75) is 290 Å². The Kier molecular flexibility index (Phi) is 57.4. The molecular weight excluding hydrogens is 1020 g/mol. The van der Waals surface area contributed by atoms with E-state index in [0.717, 1.165) is 135 Å². The minimum absolute atomic E-state index is 0.0307. The summed E-state index contributed by atoms with van der Waals surface area (Å²) < 4.78 is 30.3. The van der Waals surface area contributed by atoms with Gasteiger partial charge in [-0.1, -0.05) is 259 Å². The Labute approximate surface area is 500 Å². The molecule has 0 aromatic carbocycles. The minimum atomic E-state index is -4.71. The first-order valence-electron chi connectivity index (χ1n) is 33.2. The van der Waals surface area contributed by atoms with Gasteiger partial charge in [0.15, 0.2) is 0 Å². The number of carbonyl (C=O) groups excluding carboxylic acids is 2. The molecule has 1 N–H and O–H groups in total. The van der Waals surface area contributed by atoms with Crippen molar-refractivity contribution in [1.29, 1.82) is 0 Å². The average molecular weight is 1150 g/mol. The van der Waals surface area contributed by atoms with E-state index in [1.54, 1.807) is 0 Å². The summed E-state index contributed by atoms with van der Waals surface area (Å²) in [5.74, 6) is -0.566. The Bertz CT molecular complexity index is 1750. The highest BCUT2D eigenvalue weighted by Crippen LogP contribution is 2.38. The van der Waals surface area contributed by atoms with Crippen LogP contribution in [0.25, 0.3) is 0 Å². The number of nitrogens with one attached hydrogen (secondary N) is 1. The number of hydrogen-bond acceptors (Lipinski definition) is 7. The van der Waals surface area contributed by atoms with Gasteiger partial charge in [-0.05, 0) is 115 Å². The average Bonchev–Trinajstić information content (AvgIpc) is 3.43. The molecule has 3 atom stereocenters. The van der Waals surface area contributed by atoms with E-state index >= 15 is 0 Å². The zero-order chi connectivity index (χ0) is 59.3. The summed E-state index contributed by atoms with van der Waals surface area (Å²) in [5.41, 5.74) is 0. The molecule has 0 bridgehead atoms. The zero-order valence-electron chi connectivity index (χ0n) is 53.2. The molecule has 3 unspecified atom stereocenters. The fourth-order valence-corrected chi connectivity index (χ4v) is 9.81. The van der Waals surface area contributed by atoms with Crippen molar-refractivity contribution in [3.05, 3.63) is 109 Å². The molecule has 0 aliphatic carbocycles. The van der Waals surface area contributed by atoms with E-state index in [-0.39, 0.29) is 24.9 Å². The number of esters is 1. The summed E-state index contributed by atoms with van der Waals surface area (Å²) in [6, 6.07) is -0.904. The number of quaternary nitrogens is 1. The molecule has 466 valence electrons. The molecule has 0 aromatic rings. The Morgan fingerprint density at radius 1 is 0.444 bits per heavy atom. The maximum atomic E-state index is 13.6. The third kappa shape index (κ3) is 61.1. The van der Waals surface area contributed by atoms with Crippen LogP contribution in [0.2, 0.25) is 0 Å². The molecule has 0 aliphatic heterocycles. The lowest BCUT2D eigenvalue weighted by Crippen LogP contribution is -2.47. The van der Waals surface area contributed by atoms with Crippen LogP contribution in [0.1, 0.15) is 278 Å². The monoisotopic (exact) mass is 1150 g/mol. The van der Waals surface area contributed by atoms with Gasteiger partial charge in [-0.3, -0.25) is 14.2 Å². The molecule has 0 aromatic heterocycles. The second-order valence-corrected chi connectivity index (χ2v) is 24.6. The number of likely N-dealkylation sites (N-methyl/N-ethyl adjacent to an activating group) is 1. The van der Waals surface area contributed by atoms with Crippen LogP contribution in [-0.2, 0) is 27.9 Å². The first kappa shape index (κ1) is 77.7. The minimum Gasteiger partial charge on any atom is -0.756 e. The summed E-state index contributed by atoms with van der Waals surface area (Å²) >= 11 is 0. The molecular formula is C71H125N2O7P. The molecule has 0 fully saturated rings. The van der Waals surface area contributed by atoms with Crippen molar-refractivity contribution in [3.63, 3.8) is 0 Å². The number of amides is 1. The molecule has 0 spiro atoms. The number of nitrogens with zero attached hydrogens (tertiary/aromatic N) is 1. The third-order valence-electron chi connectivity index (χ3n) is 14.2. The Morgan fingerprint density at radius 3 is 1.21 bits per heavy atom. The summed E-state index contributed by atoms with van der Waals surface area (Å²) in [5, 5.41) is 3.03. The molecule has 0 rings (SSSR count). The maximum Gasteiger partial charge on any atom is 0.306 e. The Balaban J connectivity index is 5.16. The van der Waals surface area contributed by atoms with Crippen LogP contribution < -0.4 is 10.2 Å². The standard InChI is InChI=1S/C71H125N2O7P/c1-7-10-13-16-19-22-25-27-29-31-33-34-35-36-37-38-40-42-44-46-49-52-55-58-61-64-71(75)80-69(62-59-56-53-50-47-24-21-18-15-12-9-3)68(67-79-81(76,77)78-66-65-73(4,5)6)72-70(74)63-60-57-54-51-48-45-43-41-39-32-30-28-26-23-20-17-14-11-8-2/h10,13,19-20,22-23,27-30,33-34,36-37,40,42,59,62,68-69H,7-9,11-12,14-18,21,24-26,31-32,35,38-39,41,43-58,60-61,63-67H2,1-6H3,(H-,72,74,76,77)/b13-10-,22-19-,23-20-,29-27-,30-28-,34-33-,37-36-,42-40-,62-59-. The molecule has 0 saturated carbocycles. The summed E-state index contributed by atoms with van der Waals surface area (Å²) in [7, 11) is 1.16. The smallest absolute Gasteiger partial charge is 0.306 e. The van der Waals surface area contributed by atoms with Crippen molar-refractivity contribution in [1.82, 2.24) is 5.32 Å². The molecule has 0 radical (unpaired) electrons. The van der Waals surface area contributed by atoms with E-state index in [0.29, 0.717) is 23.9 Å². The van der Waals surface area contributed by atoms with E-state index in [2.05, 4.69) is 123 Å². The van der Waals surface area contributed by atoms with Crippen LogP contribution >= 0.6 is 7.82 Å². The summed E-state index contributed by atoms with van der Waals surface area (Å²) in [6.45, 7) is 6.69. The third-order valence-corrected chi connectivity index (χ3v) is 15.2. The van der Waals surface area contributed by atoms with E-state index in [1.165, 1.54) is 103 Å². The van der Waals surface area contributed by atoms with E-state index in [9.17, 15) is 19.0 Å². The van der Waals surface area contributed by atoms with Crippen LogP contribution in [-0.4, -0.2) is 69.4 Å². The largest absolute Gasteiger partial charge is 0.756 e. The lowest BCUT2D eigenvalue weighted by Gasteiger charge is -2.30. The Morgan fingerprint density at radius 2 is 0.790 bits per heavy atom. The second-order valence-electron chi connectivity index (χ2n) is 23.2. The van der Waals surface area contributed by atoms with Crippen LogP contribution in [0.5, 0.6) is 0 Å². The van der Waals surface area contributed by atoms with Gasteiger partial charge in [-0.25, -0.2) is 0 Å². The number of phosphoric ester groups is 1. The van der Waals surface area contributed by atoms with Gasteiger partial charge in [0.05, 0.1) is 33.8 Å². The molecule has 1 amide bonds. The number of unbranched alkanes of at least 4 members (excludes halogenated alkanes) is 27. The maximum absolute atomic E-state index is 13.6. The van der Waals surface area contributed by atoms with Gasteiger partial charge in [-0.15, -0.1) is 0 Å². The van der Waals surface area contributed by atoms with E-state index in [4.69, 9.17) is 13.8 Å². The molecule has 0 aliphatic rings. The first-order valence-corrected chi connectivity index (χ1v) is 34.7. The van der Waals surface area contributed by atoms with Crippen LogP contribution in [0.4, 0.5) is 0 Å². The topological polar surface area (TPSA) is 114 Å². The number of rotatable bonds is 59. The van der Waals surface area contributed by atoms with Gasteiger partial charge in [-0.2, -0.15) is 0 Å². The summed E-state index contributed by atoms with van der Waals surface area (Å²) in [6.07, 6.45) is 82.0. The van der Waals surface area contributed by atoms with Gasteiger partial charge in [0, 0.05) is 12.8 Å². The van der Waals surface area contributed by atoms with Crippen molar-refractivity contribution in [2.24, 2.45) is 0 Å². The van der Waals surface area contributed by atoms with Gasteiger partial charge < -0.3 is 28.5 Å². The van der Waals surface area contributed by atoms with Gasteiger partial charge in [0.2, 0.25) is 5.91 Å². The van der Waals surface area contributed by atoms with Crippen molar-refractivity contribution >= 4 is 19.7 Å². The predicted octanol–water partition coefficient (Wildman–Crippen LogP) is 20.3. The van der Waals surface area contributed by atoms with Gasteiger partial charge >= 0.3 is 5.97 Å². The van der Waals surface area contributed by atoms with Crippen LogP contribution in [0.15, 0.2) is 109 Å².